The summed E-state index contributed by atoms with van der Waals surface area (Å²) in [5, 5.41) is 12.5. The van der Waals surface area contributed by atoms with Crippen molar-refractivity contribution in [3.05, 3.63) is 59.7 Å². The Morgan fingerprint density at radius 1 is 0.914 bits per heavy atom. The average Bonchev–Trinajstić information content (AvgIpc) is 3.64. The zero-order valence-corrected chi connectivity index (χ0v) is 19.6. The number of hydrogen-bond donors (Lipinski definition) is 2. The van der Waals surface area contributed by atoms with Crippen LogP contribution in [-0.2, 0) is 14.3 Å². The van der Waals surface area contributed by atoms with Crippen LogP contribution in [0.3, 0.4) is 0 Å². The number of fused-ring (bicyclic) bond motifs is 5. The Hall–Kier alpha value is -3.35. The van der Waals surface area contributed by atoms with Crippen LogP contribution in [0.2, 0.25) is 0 Å². The van der Waals surface area contributed by atoms with E-state index in [2.05, 4.69) is 29.6 Å². The number of carbonyl (C=O) groups excluding carboxylic acids is 2. The monoisotopic (exact) mass is 474 g/mol. The molecule has 7 nitrogen and oxygen atoms in total. The standard InChI is InChI=1S/C28H30N2O5/c31-26(30-16-12-13-25(30)22(14-16)27(32)33)21-10-5-11-24(21)29-28(34)35-15-23-19-8-3-1-6-17(19)18-7-2-4-9-20(18)23/h1-4,6-9,16,21-25H,5,10-15H2,(H,29,34)(H,32,33). The van der Waals surface area contributed by atoms with Crippen LogP contribution in [0.1, 0.15) is 55.6 Å². The first-order chi connectivity index (χ1) is 17.0. The Morgan fingerprint density at radius 2 is 1.60 bits per heavy atom. The first-order valence-corrected chi connectivity index (χ1v) is 12.7. The Bertz CT molecular complexity index is 1130. The first kappa shape index (κ1) is 22.1. The summed E-state index contributed by atoms with van der Waals surface area (Å²) in [5.74, 6) is -1.60. The fourth-order valence-electron chi connectivity index (χ4n) is 7.01. The molecule has 2 N–H and O–H groups in total. The van der Waals surface area contributed by atoms with Gasteiger partial charge in [0.2, 0.25) is 5.91 Å². The molecule has 7 heteroatoms. The predicted molar refractivity (Wildman–Crippen MR) is 129 cm³/mol. The lowest BCUT2D eigenvalue weighted by Crippen LogP contribution is -2.48. The van der Waals surface area contributed by atoms with Crippen molar-refractivity contribution >= 4 is 18.0 Å². The van der Waals surface area contributed by atoms with E-state index in [4.69, 9.17) is 4.74 Å². The number of amides is 2. The number of benzene rings is 2. The molecule has 182 valence electrons. The molecule has 5 atom stereocenters. The molecule has 35 heavy (non-hydrogen) atoms. The molecule has 2 aromatic rings. The number of alkyl carbamates (subject to hydrolysis) is 1. The summed E-state index contributed by atoms with van der Waals surface area (Å²) in [7, 11) is 0. The SMILES string of the molecule is O=C(NC1CCCC1C(=O)N1C2CCC1C(C(=O)O)C2)OCC1c2ccccc2-c2ccccc21. The Labute approximate surface area is 204 Å². The molecule has 2 saturated heterocycles. The molecule has 0 aromatic heterocycles. The zero-order valence-electron chi connectivity index (χ0n) is 19.6. The van der Waals surface area contributed by atoms with Crippen molar-refractivity contribution in [2.24, 2.45) is 11.8 Å². The first-order valence-electron chi connectivity index (χ1n) is 12.7. The van der Waals surface area contributed by atoms with Gasteiger partial charge < -0.3 is 20.1 Å². The number of nitrogens with zero attached hydrogens (tertiary/aromatic N) is 1. The van der Waals surface area contributed by atoms with Crippen molar-refractivity contribution in [3.8, 4) is 11.1 Å². The molecule has 2 aliphatic carbocycles. The van der Waals surface area contributed by atoms with Gasteiger partial charge in [0.05, 0.1) is 11.8 Å². The minimum absolute atomic E-state index is 0.00250. The molecule has 2 heterocycles. The van der Waals surface area contributed by atoms with Gasteiger partial charge in [-0.05, 0) is 54.4 Å². The second-order valence-corrected chi connectivity index (χ2v) is 10.3. The van der Waals surface area contributed by atoms with E-state index in [1.807, 2.05) is 29.2 Å². The number of ether oxygens (including phenoxy) is 1. The Kier molecular flexibility index (Phi) is 5.50. The number of carboxylic acids is 1. The Morgan fingerprint density at radius 3 is 2.26 bits per heavy atom. The largest absolute Gasteiger partial charge is 0.481 e. The minimum atomic E-state index is -0.810. The lowest BCUT2D eigenvalue weighted by molar-refractivity contribution is -0.143. The van der Waals surface area contributed by atoms with Crippen LogP contribution < -0.4 is 5.32 Å². The predicted octanol–water partition coefficient (Wildman–Crippen LogP) is 4.16. The molecule has 6 rings (SSSR count). The van der Waals surface area contributed by atoms with Gasteiger partial charge >= 0.3 is 12.1 Å². The highest BCUT2D eigenvalue weighted by Gasteiger charge is 2.53. The molecule has 4 aliphatic rings. The number of carboxylic acid groups (broad SMARTS) is 1. The molecule has 1 saturated carbocycles. The molecular weight excluding hydrogens is 444 g/mol. The van der Waals surface area contributed by atoms with Gasteiger partial charge in [0.25, 0.3) is 0 Å². The number of rotatable bonds is 5. The van der Waals surface area contributed by atoms with Gasteiger partial charge in [-0.1, -0.05) is 55.0 Å². The summed E-state index contributed by atoms with van der Waals surface area (Å²) >= 11 is 0. The summed E-state index contributed by atoms with van der Waals surface area (Å²) in [4.78, 5) is 39.7. The van der Waals surface area contributed by atoms with Crippen molar-refractivity contribution < 1.29 is 24.2 Å². The van der Waals surface area contributed by atoms with E-state index in [1.165, 1.54) is 11.1 Å². The number of hydrogen-bond acceptors (Lipinski definition) is 4. The number of aliphatic carboxylic acids is 1. The second kappa shape index (κ2) is 8.70. The van der Waals surface area contributed by atoms with Crippen molar-refractivity contribution in [1.29, 1.82) is 0 Å². The smallest absolute Gasteiger partial charge is 0.407 e. The van der Waals surface area contributed by atoms with Gasteiger partial charge in [-0.15, -0.1) is 0 Å². The molecular formula is C28H30N2O5. The van der Waals surface area contributed by atoms with E-state index >= 15 is 0 Å². The molecule has 2 aliphatic heterocycles. The minimum Gasteiger partial charge on any atom is -0.481 e. The normalized spacial score (nSPS) is 28.6. The van der Waals surface area contributed by atoms with Crippen molar-refractivity contribution in [3.63, 3.8) is 0 Å². The third kappa shape index (κ3) is 3.68. The number of carbonyl (C=O) groups is 3. The highest BCUT2D eigenvalue weighted by Crippen LogP contribution is 2.45. The molecule has 0 spiro atoms. The third-order valence-electron chi connectivity index (χ3n) is 8.59. The highest BCUT2D eigenvalue weighted by atomic mass is 16.5. The van der Waals surface area contributed by atoms with Crippen LogP contribution in [0.15, 0.2) is 48.5 Å². The van der Waals surface area contributed by atoms with E-state index in [0.717, 1.165) is 36.8 Å². The van der Waals surface area contributed by atoms with Gasteiger partial charge in [0.1, 0.15) is 6.61 Å². The van der Waals surface area contributed by atoms with Gasteiger partial charge in [-0.3, -0.25) is 9.59 Å². The molecule has 5 unspecified atom stereocenters. The molecule has 2 bridgehead atoms. The van der Waals surface area contributed by atoms with E-state index in [9.17, 15) is 19.5 Å². The van der Waals surface area contributed by atoms with Crippen LogP contribution in [0.25, 0.3) is 11.1 Å². The molecule has 0 radical (unpaired) electrons. The van der Waals surface area contributed by atoms with E-state index in [0.29, 0.717) is 12.8 Å². The summed E-state index contributed by atoms with van der Waals surface area (Å²) in [6.45, 7) is 0.238. The lowest BCUT2D eigenvalue weighted by Gasteiger charge is -2.29. The lowest BCUT2D eigenvalue weighted by atomic mass is 9.89. The van der Waals surface area contributed by atoms with Crippen molar-refractivity contribution in [2.75, 3.05) is 6.61 Å². The van der Waals surface area contributed by atoms with Crippen LogP contribution in [0.4, 0.5) is 4.79 Å². The summed E-state index contributed by atoms with van der Waals surface area (Å²) in [6.07, 6.45) is 3.97. The summed E-state index contributed by atoms with van der Waals surface area (Å²) in [5.41, 5.74) is 4.68. The maximum atomic E-state index is 13.5. The summed E-state index contributed by atoms with van der Waals surface area (Å²) < 4.78 is 5.71. The van der Waals surface area contributed by atoms with Crippen molar-refractivity contribution in [1.82, 2.24) is 10.2 Å². The summed E-state index contributed by atoms with van der Waals surface area (Å²) in [6, 6.07) is 16.0. The number of nitrogens with one attached hydrogen (secondary N) is 1. The topological polar surface area (TPSA) is 95.9 Å². The van der Waals surface area contributed by atoms with Crippen LogP contribution in [-0.4, -0.2) is 52.7 Å². The average molecular weight is 475 g/mol. The van der Waals surface area contributed by atoms with Crippen LogP contribution >= 0.6 is 0 Å². The van der Waals surface area contributed by atoms with Crippen molar-refractivity contribution in [2.45, 2.75) is 62.6 Å². The fourth-order valence-corrected chi connectivity index (χ4v) is 7.01. The maximum Gasteiger partial charge on any atom is 0.407 e. The second-order valence-electron chi connectivity index (χ2n) is 10.3. The maximum absolute atomic E-state index is 13.5. The molecule has 3 fully saturated rings. The molecule has 2 aromatic carbocycles. The molecule has 2 amide bonds. The zero-order chi connectivity index (χ0) is 24.1. The van der Waals surface area contributed by atoms with Gasteiger partial charge in [-0.2, -0.15) is 0 Å². The van der Waals surface area contributed by atoms with E-state index in [1.54, 1.807) is 0 Å². The highest BCUT2D eigenvalue weighted by molar-refractivity contribution is 5.84. The quantitative estimate of drug-likeness (QED) is 0.679. The van der Waals surface area contributed by atoms with E-state index in [-0.39, 0.29) is 42.5 Å². The van der Waals surface area contributed by atoms with Gasteiger partial charge in [0, 0.05) is 24.0 Å². The van der Waals surface area contributed by atoms with Crippen LogP contribution in [0.5, 0.6) is 0 Å². The third-order valence-corrected chi connectivity index (χ3v) is 8.59. The fraction of sp³-hybridized carbons (Fsp3) is 0.464. The van der Waals surface area contributed by atoms with Gasteiger partial charge in [0.15, 0.2) is 0 Å². The van der Waals surface area contributed by atoms with E-state index < -0.39 is 18.0 Å². The van der Waals surface area contributed by atoms with Gasteiger partial charge in [-0.25, -0.2) is 4.79 Å². The van der Waals surface area contributed by atoms with Crippen LogP contribution in [0, 0.1) is 11.8 Å². The Balaban J connectivity index is 1.10.